The van der Waals surface area contributed by atoms with Gasteiger partial charge in [-0.15, -0.1) is 0 Å². The number of rotatable bonds is 6. The largest absolute Gasteiger partial charge is 0.481 e. The second-order valence-corrected chi connectivity index (χ2v) is 6.82. The number of hydrogen-bond acceptors (Lipinski definition) is 5. The fraction of sp³-hybridized carbons (Fsp3) is 0.190. The van der Waals surface area contributed by atoms with Crippen LogP contribution in [0, 0.1) is 19.7 Å². The highest BCUT2D eigenvalue weighted by Gasteiger charge is 2.34. The lowest BCUT2D eigenvalue weighted by molar-refractivity contribution is -0.140. The minimum absolute atomic E-state index is 0.0268. The number of aromatic nitrogens is 2. The summed E-state index contributed by atoms with van der Waals surface area (Å²) in [6, 6.07) is 9.24. The molecule has 0 saturated heterocycles. The van der Waals surface area contributed by atoms with Crippen molar-refractivity contribution in [3.05, 3.63) is 70.7 Å². The van der Waals surface area contributed by atoms with Crippen LogP contribution < -0.4 is 10.6 Å². The molecule has 0 spiro atoms. The molecule has 10 heteroatoms. The van der Waals surface area contributed by atoms with E-state index in [2.05, 4.69) is 20.6 Å². The lowest BCUT2D eigenvalue weighted by Crippen LogP contribution is -2.10. The molecule has 0 aliphatic rings. The molecule has 0 unspecified atom stereocenters. The highest BCUT2D eigenvalue weighted by atomic mass is 19.4. The van der Waals surface area contributed by atoms with E-state index in [-0.39, 0.29) is 23.9 Å². The van der Waals surface area contributed by atoms with Crippen molar-refractivity contribution in [1.82, 2.24) is 9.97 Å². The second kappa shape index (κ2) is 8.58. The maximum absolute atomic E-state index is 13.5. The average Bonchev–Trinajstić information content (AvgIpc) is 2.67. The van der Waals surface area contributed by atoms with Crippen LogP contribution in [0.15, 0.2) is 42.5 Å². The lowest BCUT2D eigenvalue weighted by atomic mass is 10.1. The zero-order valence-electron chi connectivity index (χ0n) is 16.5. The summed E-state index contributed by atoms with van der Waals surface area (Å²) >= 11 is 0. The first kappa shape index (κ1) is 22.0. The van der Waals surface area contributed by atoms with E-state index >= 15 is 0 Å². The van der Waals surface area contributed by atoms with Crippen molar-refractivity contribution < 1.29 is 27.5 Å². The van der Waals surface area contributed by atoms with Gasteiger partial charge in [0.05, 0.1) is 12.0 Å². The van der Waals surface area contributed by atoms with Crippen molar-refractivity contribution in [2.75, 3.05) is 10.6 Å². The summed E-state index contributed by atoms with van der Waals surface area (Å²) in [6.07, 6.45) is -4.93. The molecule has 3 rings (SSSR count). The summed E-state index contributed by atoms with van der Waals surface area (Å²) in [4.78, 5) is 19.4. The maximum atomic E-state index is 13.5. The van der Waals surface area contributed by atoms with Crippen molar-refractivity contribution in [3.8, 4) is 0 Å². The van der Waals surface area contributed by atoms with Crippen molar-refractivity contribution in [2.24, 2.45) is 0 Å². The zero-order chi connectivity index (χ0) is 22.8. The van der Waals surface area contributed by atoms with Gasteiger partial charge in [-0.25, -0.2) is 9.37 Å². The Labute approximate surface area is 175 Å². The monoisotopic (exact) mass is 434 g/mol. The number of nitrogens with one attached hydrogen (secondary N) is 2. The highest BCUT2D eigenvalue weighted by Crippen LogP contribution is 2.34. The molecule has 0 amide bonds. The third kappa shape index (κ3) is 5.47. The van der Waals surface area contributed by atoms with Gasteiger partial charge in [-0.1, -0.05) is 12.1 Å². The number of halogens is 4. The summed E-state index contributed by atoms with van der Waals surface area (Å²) in [5, 5.41) is 14.6. The van der Waals surface area contributed by atoms with E-state index in [0.717, 1.165) is 6.07 Å². The van der Waals surface area contributed by atoms with E-state index in [1.807, 2.05) is 0 Å². The Bertz CT molecular complexity index is 1120. The number of anilines is 4. The first-order valence-corrected chi connectivity index (χ1v) is 9.09. The van der Waals surface area contributed by atoms with Crippen LogP contribution in [-0.4, -0.2) is 21.0 Å². The Morgan fingerprint density at radius 1 is 1.00 bits per heavy atom. The molecule has 1 aromatic heterocycles. The van der Waals surface area contributed by atoms with Crippen molar-refractivity contribution in [2.45, 2.75) is 26.4 Å². The van der Waals surface area contributed by atoms with Gasteiger partial charge < -0.3 is 15.7 Å². The number of carbonyl (C=O) groups is 1. The second-order valence-electron chi connectivity index (χ2n) is 6.82. The molecule has 0 fully saturated rings. The van der Waals surface area contributed by atoms with Gasteiger partial charge in [0.2, 0.25) is 5.95 Å². The molecule has 2 aromatic carbocycles. The Balaban J connectivity index is 1.86. The Hall–Kier alpha value is -3.69. The normalized spacial score (nSPS) is 11.3. The number of aryl methyl sites for hydroxylation is 1. The number of carboxylic acid groups (broad SMARTS) is 1. The maximum Gasteiger partial charge on any atom is 0.419 e. The van der Waals surface area contributed by atoms with Gasteiger partial charge in [-0.05, 0) is 49.7 Å². The Morgan fingerprint density at radius 2 is 1.65 bits per heavy atom. The number of nitrogens with zero attached hydrogens (tertiary/aromatic N) is 2. The van der Waals surface area contributed by atoms with Crippen LogP contribution in [0.1, 0.15) is 22.4 Å². The fourth-order valence-corrected chi connectivity index (χ4v) is 2.77. The van der Waals surface area contributed by atoms with Gasteiger partial charge in [0.15, 0.2) is 0 Å². The number of hydrogen-bond donors (Lipinski definition) is 3. The molecule has 6 nitrogen and oxygen atoms in total. The molecule has 0 bridgehead atoms. The molecular weight excluding hydrogens is 416 g/mol. The molecule has 3 N–H and O–H groups in total. The molecule has 0 aliphatic carbocycles. The van der Waals surface area contributed by atoms with E-state index in [4.69, 9.17) is 5.11 Å². The third-order valence-corrected chi connectivity index (χ3v) is 4.49. The third-order valence-electron chi connectivity index (χ3n) is 4.49. The average molecular weight is 434 g/mol. The number of benzene rings is 2. The standard InChI is InChI=1S/C21H18F4N4O2/c1-11-12(2)26-20(28-14-5-3-13(4-6-14)9-18(30)31)29-19(11)27-15-7-8-17(22)16(10-15)21(23,24)25/h3-8,10H,9H2,1-2H3,(H,30,31)(H2,26,27,28,29). The SMILES string of the molecule is Cc1nc(Nc2ccc(CC(=O)O)cc2)nc(Nc2ccc(F)c(C(F)(F)F)c2)c1C. The molecule has 162 valence electrons. The lowest BCUT2D eigenvalue weighted by Gasteiger charge is -2.15. The number of aliphatic carboxylic acids is 1. The Kier molecular flexibility index (Phi) is 6.09. The van der Waals surface area contributed by atoms with Gasteiger partial charge in [-0.3, -0.25) is 4.79 Å². The van der Waals surface area contributed by atoms with E-state index < -0.39 is 23.5 Å². The van der Waals surface area contributed by atoms with E-state index in [1.165, 1.54) is 6.07 Å². The molecular formula is C21H18F4N4O2. The predicted molar refractivity (Wildman–Crippen MR) is 107 cm³/mol. The van der Waals surface area contributed by atoms with Gasteiger partial charge in [0, 0.05) is 22.6 Å². The van der Waals surface area contributed by atoms with Crippen molar-refractivity contribution in [3.63, 3.8) is 0 Å². The Morgan fingerprint density at radius 3 is 2.26 bits per heavy atom. The number of carboxylic acids is 1. The topological polar surface area (TPSA) is 87.1 Å². The first-order chi connectivity index (χ1) is 14.5. The van der Waals surface area contributed by atoms with E-state index in [1.54, 1.807) is 38.1 Å². The zero-order valence-corrected chi connectivity index (χ0v) is 16.5. The quantitative estimate of drug-likeness (QED) is 0.453. The fourth-order valence-electron chi connectivity index (χ4n) is 2.77. The van der Waals surface area contributed by atoms with Crippen LogP contribution in [0.2, 0.25) is 0 Å². The highest BCUT2D eigenvalue weighted by molar-refractivity contribution is 5.70. The van der Waals surface area contributed by atoms with Gasteiger partial charge in [0.1, 0.15) is 11.6 Å². The van der Waals surface area contributed by atoms with Crippen LogP contribution in [0.3, 0.4) is 0 Å². The van der Waals surface area contributed by atoms with Crippen LogP contribution in [0.5, 0.6) is 0 Å². The smallest absolute Gasteiger partial charge is 0.419 e. The van der Waals surface area contributed by atoms with Gasteiger partial charge in [-0.2, -0.15) is 18.2 Å². The number of alkyl halides is 3. The van der Waals surface area contributed by atoms with Crippen molar-refractivity contribution >= 4 is 29.1 Å². The molecule has 31 heavy (non-hydrogen) atoms. The summed E-state index contributed by atoms with van der Waals surface area (Å²) in [6.45, 7) is 3.42. The minimum atomic E-state index is -4.82. The van der Waals surface area contributed by atoms with E-state index in [0.29, 0.717) is 28.6 Å². The van der Waals surface area contributed by atoms with Crippen LogP contribution in [0.4, 0.5) is 40.7 Å². The molecule has 1 heterocycles. The predicted octanol–water partition coefficient (Wildman–Crippen LogP) is 5.37. The molecule has 0 aliphatic heterocycles. The van der Waals surface area contributed by atoms with E-state index in [9.17, 15) is 22.4 Å². The molecule has 0 atom stereocenters. The minimum Gasteiger partial charge on any atom is -0.481 e. The first-order valence-electron chi connectivity index (χ1n) is 9.09. The summed E-state index contributed by atoms with van der Waals surface area (Å²) in [5.74, 6) is -1.85. The summed E-state index contributed by atoms with van der Waals surface area (Å²) in [5.41, 5.74) is 1.07. The summed E-state index contributed by atoms with van der Waals surface area (Å²) in [7, 11) is 0. The molecule has 0 saturated carbocycles. The van der Waals surface area contributed by atoms with Crippen LogP contribution >= 0.6 is 0 Å². The van der Waals surface area contributed by atoms with Crippen LogP contribution in [-0.2, 0) is 17.4 Å². The summed E-state index contributed by atoms with van der Waals surface area (Å²) < 4.78 is 52.5. The van der Waals surface area contributed by atoms with Crippen molar-refractivity contribution in [1.29, 1.82) is 0 Å². The van der Waals surface area contributed by atoms with Gasteiger partial charge >= 0.3 is 12.1 Å². The van der Waals surface area contributed by atoms with Crippen LogP contribution in [0.25, 0.3) is 0 Å². The van der Waals surface area contributed by atoms with Gasteiger partial charge in [0.25, 0.3) is 0 Å². The molecule has 0 radical (unpaired) electrons. The molecule has 3 aromatic rings.